The third-order valence-electron chi connectivity index (χ3n) is 6.53. The summed E-state index contributed by atoms with van der Waals surface area (Å²) in [6, 6.07) is 17.2. The van der Waals surface area contributed by atoms with Crippen molar-refractivity contribution in [2.24, 2.45) is 0 Å². The van der Waals surface area contributed by atoms with E-state index >= 15 is 0 Å². The van der Waals surface area contributed by atoms with Gasteiger partial charge in [-0.3, -0.25) is 10.1 Å². The predicted octanol–water partition coefficient (Wildman–Crippen LogP) is 6.28. The van der Waals surface area contributed by atoms with Crippen LogP contribution in [0.25, 0.3) is 0 Å². The maximum Gasteiger partial charge on any atom is 0.269 e. The predicted molar refractivity (Wildman–Crippen MR) is 109 cm³/mol. The Labute approximate surface area is 162 Å². The molecule has 142 valence electrons. The lowest BCUT2D eigenvalue weighted by atomic mass is 9.52. The summed E-state index contributed by atoms with van der Waals surface area (Å²) in [5, 5.41) is 20.2. The van der Waals surface area contributed by atoms with Crippen LogP contribution in [0, 0.1) is 21.4 Å². The smallest absolute Gasteiger partial charge is 0.258 e. The fourth-order valence-electron chi connectivity index (χ4n) is 4.99. The van der Waals surface area contributed by atoms with E-state index in [1.54, 1.807) is 12.1 Å². The van der Waals surface area contributed by atoms with Gasteiger partial charge in [0.1, 0.15) is 0 Å². The van der Waals surface area contributed by atoms with E-state index in [9.17, 15) is 10.1 Å². The Morgan fingerprint density at radius 1 is 0.815 bits per heavy atom. The van der Waals surface area contributed by atoms with Crippen LogP contribution in [-0.4, -0.2) is 4.92 Å². The molecule has 2 aromatic carbocycles. The van der Waals surface area contributed by atoms with Gasteiger partial charge in [-0.2, -0.15) is 5.26 Å². The number of nitro benzene ring substituents is 1. The van der Waals surface area contributed by atoms with E-state index in [-0.39, 0.29) is 21.4 Å². The molecule has 4 nitrogen and oxygen atoms in total. The molecule has 4 heteroatoms. The topological polar surface area (TPSA) is 66.9 Å². The van der Waals surface area contributed by atoms with Crippen molar-refractivity contribution in [1.82, 2.24) is 0 Å². The molecule has 0 amide bonds. The zero-order chi connectivity index (χ0) is 20.1. The maximum absolute atomic E-state index is 11.1. The monoisotopic (exact) mass is 364 g/mol. The van der Waals surface area contributed by atoms with Crippen LogP contribution in [-0.2, 0) is 10.8 Å². The number of hydrogen-bond acceptors (Lipinski definition) is 3. The van der Waals surface area contributed by atoms with E-state index in [1.807, 2.05) is 24.3 Å². The van der Waals surface area contributed by atoms with Crippen LogP contribution in [0.3, 0.4) is 0 Å². The quantitative estimate of drug-likeness (QED) is 0.409. The minimum Gasteiger partial charge on any atom is -0.258 e. The van der Waals surface area contributed by atoms with E-state index in [1.165, 1.54) is 5.56 Å². The summed E-state index contributed by atoms with van der Waals surface area (Å²) < 4.78 is 0. The van der Waals surface area contributed by atoms with Crippen molar-refractivity contribution >= 4 is 5.69 Å². The van der Waals surface area contributed by atoms with Crippen molar-refractivity contribution < 1.29 is 4.92 Å². The molecular weight excluding hydrogens is 336 g/mol. The van der Waals surface area contributed by atoms with Gasteiger partial charge in [-0.05, 0) is 48.9 Å². The number of nitriles is 1. The summed E-state index contributed by atoms with van der Waals surface area (Å²) in [5.41, 5.74) is 2.91. The van der Waals surface area contributed by atoms with E-state index in [4.69, 9.17) is 5.26 Å². The van der Waals surface area contributed by atoms with Crippen molar-refractivity contribution in [3.8, 4) is 6.07 Å². The van der Waals surface area contributed by atoms with E-state index in [2.05, 4.69) is 45.9 Å². The third kappa shape index (κ3) is 3.35. The molecule has 0 heterocycles. The zero-order valence-corrected chi connectivity index (χ0v) is 16.7. The first-order valence-electron chi connectivity index (χ1n) is 9.70. The molecule has 0 aromatic heterocycles. The molecule has 2 aromatic rings. The second-order valence-electron chi connectivity index (χ2n) is 7.07. The molecule has 0 radical (unpaired) electrons. The molecule has 0 unspecified atom stereocenters. The summed E-state index contributed by atoms with van der Waals surface area (Å²) in [6.07, 6.45) is 3.77. The van der Waals surface area contributed by atoms with Gasteiger partial charge in [-0.1, -0.05) is 52.0 Å². The van der Waals surface area contributed by atoms with Crippen LogP contribution >= 0.6 is 0 Å². The Hall–Kier alpha value is -2.67. The molecule has 0 fully saturated rings. The Morgan fingerprint density at radius 3 is 1.48 bits per heavy atom. The lowest BCUT2D eigenvalue weighted by Crippen LogP contribution is -2.48. The van der Waals surface area contributed by atoms with Gasteiger partial charge >= 0.3 is 0 Å². The first-order valence-corrected chi connectivity index (χ1v) is 9.70. The van der Waals surface area contributed by atoms with Crippen molar-refractivity contribution in [3.05, 3.63) is 75.3 Å². The van der Waals surface area contributed by atoms with Gasteiger partial charge < -0.3 is 0 Å². The first-order chi connectivity index (χ1) is 12.9. The van der Waals surface area contributed by atoms with Gasteiger partial charge in [-0.25, -0.2) is 0 Å². The summed E-state index contributed by atoms with van der Waals surface area (Å²) in [4.78, 5) is 10.7. The highest BCUT2D eigenvalue weighted by atomic mass is 16.6. The molecule has 0 aliphatic carbocycles. The molecule has 27 heavy (non-hydrogen) atoms. The van der Waals surface area contributed by atoms with Gasteiger partial charge in [-0.15, -0.1) is 0 Å². The van der Waals surface area contributed by atoms with Crippen LogP contribution in [0.4, 0.5) is 5.69 Å². The van der Waals surface area contributed by atoms with Gasteiger partial charge in [0.15, 0.2) is 0 Å². The van der Waals surface area contributed by atoms with Crippen molar-refractivity contribution in [1.29, 1.82) is 5.26 Å². The SMILES string of the molecule is CCC(CC)(c1ccc(C#N)cc1)C(CC)(CC)c1ccc([N+](=O)[O-])cc1. The van der Waals surface area contributed by atoms with Crippen LogP contribution in [0.1, 0.15) is 70.1 Å². The first kappa shape index (κ1) is 20.6. The average molecular weight is 364 g/mol. The molecule has 0 aliphatic heterocycles. The Morgan fingerprint density at radius 2 is 1.19 bits per heavy atom. The largest absolute Gasteiger partial charge is 0.269 e. The summed E-state index contributed by atoms with van der Waals surface area (Å²) in [5.74, 6) is 0. The number of non-ortho nitro benzene ring substituents is 1. The van der Waals surface area contributed by atoms with Gasteiger partial charge in [0.25, 0.3) is 5.69 Å². The van der Waals surface area contributed by atoms with Crippen molar-refractivity contribution in [2.75, 3.05) is 0 Å². The number of nitrogens with zero attached hydrogens (tertiary/aromatic N) is 2. The standard InChI is InChI=1S/C23H28N2O2/c1-5-22(6-2,19-11-9-18(17-24)10-12-19)23(7-3,8-4)20-13-15-21(16-14-20)25(26)27/h9-16H,5-8H2,1-4H3. The zero-order valence-electron chi connectivity index (χ0n) is 16.7. The number of nitro groups is 1. The Balaban J connectivity index is 2.69. The molecule has 0 saturated heterocycles. The normalized spacial score (nSPS) is 11.8. The average Bonchev–Trinajstić information content (AvgIpc) is 2.72. The van der Waals surface area contributed by atoms with Crippen molar-refractivity contribution in [3.63, 3.8) is 0 Å². The summed E-state index contributed by atoms with van der Waals surface area (Å²) >= 11 is 0. The van der Waals surface area contributed by atoms with Crippen molar-refractivity contribution in [2.45, 2.75) is 64.2 Å². The second-order valence-corrected chi connectivity index (χ2v) is 7.07. The molecule has 0 saturated carbocycles. The Bertz CT molecular complexity index is 809. The van der Waals surface area contributed by atoms with Crippen LogP contribution < -0.4 is 0 Å². The highest BCUT2D eigenvalue weighted by Crippen LogP contribution is 2.53. The van der Waals surface area contributed by atoms with Gasteiger partial charge in [0.2, 0.25) is 0 Å². The van der Waals surface area contributed by atoms with E-state index in [0.717, 1.165) is 31.2 Å². The highest BCUT2D eigenvalue weighted by Gasteiger charge is 2.48. The minimum atomic E-state index is -0.350. The van der Waals surface area contributed by atoms with E-state index < -0.39 is 0 Å². The fraction of sp³-hybridized carbons (Fsp3) is 0.435. The summed E-state index contributed by atoms with van der Waals surface area (Å²) in [7, 11) is 0. The molecule has 0 atom stereocenters. The second kappa shape index (κ2) is 8.35. The molecule has 0 aliphatic rings. The number of hydrogen-bond donors (Lipinski definition) is 0. The fourth-order valence-corrected chi connectivity index (χ4v) is 4.99. The van der Waals surface area contributed by atoms with Gasteiger partial charge in [0, 0.05) is 23.0 Å². The third-order valence-corrected chi connectivity index (χ3v) is 6.53. The maximum atomic E-state index is 11.1. The van der Waals surface area contributed by atoms with Gasteiger partial charge in [0.05, 0.1) is 16.6 Å². The molecule has 2 rings (SSSR count). The molecule has 0 spiro atoms. The van der Waals surface area contributed by atoms with Crippen LogP contribution in [0.2, 0.25) is 0 Å². The Kier molecular flexibility index (Phi) is 6.38. The van der Waals surface area contributed by atoms with Crippen LogP contribution in [0.15, 0.2) is 48.5 Å². The lowest BCUT2D eigenvalue weighted by Gasteiger charge is -2.51. The summed E-state index contributed by atoms with van der Waals surface area (Å²) in [6.45, 7) is 8.84. The molecule has 0 bridgehead atoms. The van der Waals surface area contributed by atoms with Crippen LogP contribution in [0.5, 0.6) is 0 Å². The molecular formula is C23H28N2O2. The molecule has 0 N–H and O–H groups in total. The number of rotatable bonds is 8. The highest BCUT2D eigenvalue weighted by molar-refractivity contribution is 5.44. The minimum absolute atomic E-state index is 0.110. The van der Waals surface area contributed by atoms with E-state index in [0.29, 0.717) is 5.56 Å². The number of benzene rings is 2. The lowest BCUT2D eigenvalue weighted by molar-refractivity contribution is -0.384.